The Morgan fingerprint density at radius 1 is 2.12 bits per heavy atom. The van der Waals surface area contributed by atoms with Gasteiger partial charge in [0.05, 0.1) is 6.53 Å². The second-order valence-electron chi connectivity index (χ2n) is 1.08. The summed E-state index contributed by atoms with van der Waals surface area (Å²) in [6.07, 6.45) is -2.59. The Labute approximate surface area is 71.5 Å². The molecule has 0 aliphatic rings. The lowest BCUT2D eigenvalue weighted by atomic mass is 10.4. The Hall–Kier alpha value is 0.180. The van der Waals surface area contributed by atoms with Crippen molar-refractivity contribution >= 4 is 27.3 Å². The van der Waals surface area contributed by atoms with Crippen molar-refractivity contribution in [1.29, 1.82) is 0 Å². The fourth-order valence-corrected chi connectivity index (χ4v) is 1.32. The van der Waals surface area contributed by atoms with Crippen LogP contribution in [0.15, 0.2) is 15.9 Å². The molecule has 0 saturated carbocycles. The van der Waals surface area contributed by atoms with Gasteiger partial charge in [-0.25, -0.2) is 0 Å². The molecule has 0 nitrogen and oxygen atoms in total. The molecule has 0 atom stereocenters. The molecule has 2 heteroatoms. The zero-order valence-electron chi connectivity index (χ0n) is 10.8. The van der Waals surface area contributed by atoms with Gasteiger partial charge in [0.25, 0.3) is 0 Å². The molecule has 0 amide bonds. The largest absolute Gasteiger partial charge is 0.133 e. The van der Waals surface area contributed by atoms with Crippen LogP contribution in [0, 0.1) is 0 Å². The molecule has 1 rings (SSSR count). The van der Waals surface area contributed by atoms with Gasteiger partial charge in [-0.2, -0.15) is 0 Å². The monoisotopic (exact) mass is 197 g/mol. The van der Waals surface area contributed by atoms with Gasteiger partial charge in [-0.05, 0) is 34.4 Å². The van der Waals surface area contributed by atoms with Crippen LogP contribution in [-0.4, -0.2) is 0 Å². The van der Waals surface area contributed by atoms with Gasteiger partial charge in [-0.15, -0.1) is 11.3 Å². The van der Waals surface area contributed by atoms with Crippen LogP contribution in [0.4, 0.5) is 0 Å². The standard InChI is InChI=1S/C6H7BrS/c1-2-5-3-4-6(7)8-5/h3-4H,2H2,1H3/i1D3,2D2,3D,4D. The van der Waals surface area contributed by atoms with E-state index in [9.17, 15) is 0 Å². The maximum Gasteiger partial charge on any atom is 0.0701 e. The molecule has 0 aromatic carbocycles. The summed E-state index contributed by atoms with van der Waals surface area (Å²) in [6.45, 7) is -2.83. The molecule has 0 fully saturated rings. The van der Waals surface area contributed by atoms with Crippen LogP contribution >= 0.6 is 27.3 Å². The average Bonchev–Trinajstić information content (AvgIpc) is 2.31. The van der Waals surface area contributed by atoms with Crippen molar-refractivity contribution in [3.05, 3.63) is 20.7 Å². The van der Waals surface area contributed by atoms with Gasteiger partial charge >= 0.3 is 0 Å². The Morgan fingerprint density at radius 3 is 3.50 bits per heavy atom. The first kappa shape index (κ1) is 1.83. The molecule has 44 valence electrons. The van der Waals surface area contributed by atoms with Crippen LogP contribution in [0.25, 0.3) is 0 Å². The molecule has 1 aromatic rings. The summed E-state index contributed by atoms with van der Waals surface area (Å²) in [5, 5.41) is 0. The van der Waals surface area contributed by atoms with Crippen LogP contribution < -0.4 is 0 Å². The van der Waals surface area contributed by atoms with E-state index < -0.39 is 13.2 Å². The van der Waals surface area contributed by atoms with Gasteiger partial charge in [-0.3, -0.25) is 0 Å². The second kappa shape index (κ2) is 2.65. The van der Waals surface area contributed by atoms with Crippen molar-refractivity contribution < 1.29 is 9.60 Å². The third kappa shape index (κ3) is 1.33. The van der Waals surface area contributed by atoms with Crippen LogP contribution in [-0.2, 0) is 6.37 Å². The summed E-state index contributed by atoms with van der Waals surface area (Å²) >= 11 is 3.77. The van der Waals surface area contributed by atoms with Crippen molar-refractivity contribution in [2.75, 3.05) is 0 Å². The SMILES string of the molecule is [2H]c1c(Br)sc(C([2H])([2H])C([2H])([2H])[2H])c1[2H]. The van der Waals surface area contributed by atoms with E-state index in [4.69, 9.17) is 9.60 Å². The maximum atomic E-state index is 7.46. The molecule has 8 heavy (non-hydrogen) atoms. The highest BCUT2D eigenvalue weighted by molar-refractivity contribution is 9.11. The van der Waals surface area contributed by atoms with Gasteiger partial charge in [-0.1, -0.05) is 6.85 Å². The minimum absolute atomic E-state index is 0.178. The van der Waals surface area contributed by atoms with Gasteiger partial charge in [0.2, 0.25) is 0 Å². The summed E-state index contributed by atoms with van der Waals surface area (Å²) in [5.74, 6) is 0. The molecule has 0 aliphatic carbocycles. The first-order valence-electron chi connectivity index (χ1n) is 5.35. The van der Waals surface area contributed by atoms with E-state index in [1.54, 1.807) is 0 Å². The lowest BCUT2D eigenvalue weighted by molar-refractivity contribution is 1.19. The molecule has 1 aromatic heterocycles. The van der Waals surface area contributed by atoms with E-state index in [-0.39, 0.29) is 20.7 Å². The highest BCUT2D eigenvalue weighted by Crippen LogP contribution is 2.21. The maximum absolute atomic E-state index is 7.46. The molecule has 0 bridgehead atoms. The van der Waals surface area contributed by atoms with Crippen molar-refractivity contribution in [2.24, 2.45) is 0 Å². The number of hydrogen-bond donors (Lipinski definition) is 0. The Balaban J connectivity index is 3.34. The van der Waals surface area contributed by atoms with E-state index in [0.717, 1.165) is 11.3 Å². The van der Waals surface area contributed by atoms with Crippen LogP contribution in [0.3, 0.4) is 0 Å². The normalized spacial score (nSPS) is 25.9. The molecule has 1 heterocycles. The number of rotatable bonds is 1. The van der Waals surface area contributed by atoms with E-state index >= 15 is 0 Å². The fraction of sp³-hybridized carbons (Fsp3) is 0.333. The summed E-state index contributed by atoms with van der Waals surface area (Å²) in [4.78, 5) is -0.237. The molecular weight excluding hydrogens is 184 g/mol. The zero-order valence-corrected chi connectivity index (χ0v) is 6.19. The highest BCUT2D eigenvalue weighted by Gasteiger charge is 1.91. The Kier molecular flexibility index (Phi) is 0.605. The quantitative estimate of drug-likeness (QED) is 0.650. The number of thiophene rings is 1. The lowest BCUT2D eigenvalue weighted by Crippen LogP contribution is -1.63. The molecule has 0 saturated heterocycles. The Morgan fingerprint density at radius 2 is 3.00 bits per heavy atom. The first-order chi connectivity index (χ1) is 6.59. The van der Waals surface area contributed by atoms with Crippen molar-refractivity contribution in [2.45, 2.75) is 13.2 Å². The average molecular weight is 198 g/mol. The lowest BCUT2D eigenvalue weighted by Gasteiger charge is -1.79. The number of hydrogen-bond acceptors (Lipinski definition) is 1. The third-order valence-corrected chi connectivity index (χ3v) is 1.95. The molecule has 0 aliphatic heterocycles. The van der Waals surface area contributed by atoms with Crippen LogP contribution in [0.1, 0.15) is 21.3 Å². The zero-order chi connectivity index (χ0) is 12.0. The van der Waals surface area contributed by atoms with Crippen LogP contribution in [0.2, 0.25) is 0 Å². The molecule has 0 unspecified atom stereocenters. The van der Waals surface area contributed by atoms with E-state index in [1.807, 2.05) is 0 Å². The fourth-order valence-electron chi connectivity index (χ4n) is 0.303. The third-order valence-electron chi connectivity index (χ3n) is 0.580. The van der Waals surface area contributed by atoms with Gasteiger partial charge < -0.3 is 0 Å². The highest BCUT2D eigenvalue weighted by atomic mass is 79.9. The van der Waals surface area contributed by atoms with Gasteiger partial charge in [0, 0.05) is 11.7 Å². The first-order valence-corrected chi connectivity index (χ1v) is 3.46. The minimum atomic E-state index is -2.83. The summed E-state index contributed by atoms with van der Waals surface area (Å²) in [6, 6.07) is -0.545. The van der Waals surface area contributed by atoms with E-state index in [2.05, 4.69) is 15.9 Å². The molecule has 0 spiro atoms. The predicted octanol–water partition coefficient (Wildman–Crippen LogP) is 3.07. The van der Waals surface area contributed by atoms with E-state index in [1.165, 1.54) is 0 Å². The van der Waals surface area contributed by atoms with Crippen molar-refractivity contribution in [3.63, 3.8) is 0 Å². The van der Waals surface area contributed by atoms with Gasteiger partial charge in [0.15, 0.2) is 0 Å². The predicted molar refractivity (Wildman–Crippen MR) is 41.4 cm³/mol. The second-order valence-corrected chi connectivity index (χ2v) is 3.42. The summed E-state index contributed by atoms with van der Waals surface area (Å²) in [7, 11) is 0. The Bertz CT molecular complexity index is 380. The molecular formula is C6H7BrS. The van der Waals surface area contributed by atoms with Crippen LogP contribution in [0.5, 0.6) is 0 Å². The molecule has 0 radical (unpaired) electrons. The van der Waals surface area contributed by atoms with E-state index in [0.29, 0.717) is 0 Å². The van der Waals surface area contributed by atoms with Crippen molar-refractivity contribution in [1.82, 2.24) is 0 Å². The smallest absolute Gasteiger partial charge is 0.0701 e. The number of halogens is 1. The van der Waals surface area contributed by atoms with Gasteiger partial charge in [0.1, 0.15) is 0 Å². The minimum Gasteiger partial charge on any atom is -0.133 e. The summed E-state index contributed by atoms with van der Waals surface area (Å²) in [5.41, 5.74) is 0. The van der Waals surface area contributed by atoms with Crippen molar-refractivity contribution in [3.8, 4) is 0 Å². The number of aryl methyl sites for hydroxylation is 1. The topological polar surface area (TPSA) is 0 Å². The molecule has 0 N–H and O–H groups in total. The summed E-state index contributed by atoms with van der Waals surface area (Å²) < 4.78 is 51.2.